The van der Waals surface area contributed by atoms with Crippen molar-refractivity contribution in [2.45, 2.75) is 25.4 Å². The van der Waals surface area contributed by atoms with E-state index in [9.17, 15) is 9.18 Å². The molecule has 0 aliphatic carbocycles. The van der Waals surface area contributed by atoms with E-state index in [2.05, 4.69) is 89.3 Å². The second kappa shape index (κ2) is 9.89. The highest BCUT2D eigenvalue weighted by molar-refractivity contribution is 6.09. The number of H-pyrrole nitrogens is 1. The highest BCUT2D eigenvalue weighted by Gasteiger charge is 2.40. The molecule has 41 heavy (non-hydrogen) atoms. The molecule has 7 rings (SSSR count). The van der Waals surface area contributed by atoms with Crippen LogP contribution in [0.2, 0.25) is 0 Å². The summed E-state index contributed by atoms with van der Waals surface area (Å²) in [5, 5.41) is 0.633. The lowest BCUT2D eigenvalue weighted by Crippen LogP contribution is -2.39. The van der Waals surface area contributed by atoms with Crippen molar-refractivity contribution in [3.8, 4) is 0 Å². The number of halogens is 1. The third-order valence-corrected chi connectivity index (χ3v) is 8.38. The maximum absolute atomic E-state index is 14.5. The number of hydrogen-bond donors (Lipinski definition) is 1. The molecular weight excluding hydrogens is 511 g/mol. The van der Waals surface area contributed by atoms with Crippen LogP contribution in [0.3, 0.4) is 0 Å². The molecule has 6 aromatic rings. The molecule has 0 spiro atoms. The van der Waals surface area contributed by atoms with Crippen molar-refractivity contribution in [3.63, 3.8) is 0 Å². The zero-order valence-corrected chi connectivity index (χ0v) is 22.7. The molecule has 1 aliphatic rings. The number of aromatic amines is 1. The van der Waals surface area contributed by atoms with Crippen LogP contribution in [0.15, 0.2) is 116 Å². The third-order valence-electron chi connectivity index (χ3n) is 8.38. The van der Waals surface area contributed by atoms with Gasteiger partial charge in [0.25, 0.3) is 5.91 Å². The lowest BCUT2D eigenvalue weighted by atomic mass is 9.76. The molecule has 0 atom stereocenters. The summed E-state index contributed by atoms with van der Waals surface area (Å²) >= 11 is 0. The minimum atomic E-state index is -0.674. The summed E-state index contributed by atoms with van der Waals surface area (Å²) in [7, 11) is 0. The second-order valence-electron chi connectivity index (χ2n) is 10.6. The third kappa shape index (κ3) is 3.90. The van der Waals surface area contributed by atoms with Gasteiger partial charge in [-0.05, 0) is 29.7 Å². The smallest absolute Gasteiger partial charge is 0.256 e. The number of hydrogen-bond acceptors (Lipinski definition) is 2. The highest BCUT2D eigenvalue weighted by atomic mass is 19.1. The lowest BCUT2D eigenvalue weighted by molar-refractivity contribution is 0.0726. The quantitative estimate of drug-likeness (QED) is 0.235. The van der Waals surface area contributed by atoms with Crippen LogP contribution in [0.5, 0.6) is 0 Å². The Labute approximate surface area is 237 Å². The first-order valence-electron chi connectivity index (χ1n) is 13.9. The fraction of sp³-hybridized carbons (Fsp3) is 0.143. The Bertz CT molecular complexity index is 1760. The van der Waals surface area contributed by atoms with Crippen LogP contribution in [0.25, 0.3) is 10.9 Å². The van der Waals surface area contributed by atoms with Gasteiger partial charge in [0.15, 0.2) is 0 Å². The van der Waals surface area contributed by atoms with Gasteiger partial charge in [0.1, 0.15) is 11.4 Å². The predicted octanol–water partition coefficient (Wildman–Crippen LogP) is 6.85. The van der Waals surface area contributed by atoms with E-state index in [1.54, 1.807) is 6.07 Å². The molecule has 3 heterocycles. The van der Waals surface area contributed by atoms with E-state index in [1.165, 1.54) is 6.07 Å². The van der Waals surface area contributed by atoms with Crippen molar-refractivity contribution in [1.29, 1.82) is 0 Å². The van der Waals surface area contributed by atoms with E-state index < -0.39 is 5.54 Å². The molecule has 0 unspecified atom stereocenters. The van der Waals surface area contributed by atoms with E-state index in [4.69, 9.17) is 4.98 Å². The van der Waals surface area contributed by atoms with Crippen LogP contribution in [-0.4, -0.2) is 31.9 Å². The summed E-state index contributed by atoms with van der Waals surface area (Å²) < 4.78 is 16.7. The fourth-order valence-electron chi connectivity index (χ4n) is 6.40. The number of benzene rings is 4. The van der Waals surface area contributed by atoms with E-state index in [0.717, 1.165) is 33.8 Å². The van der Waals surface area contributed by atoms with Gasteiger partial charge in [0, 0.05) is 29.7 Å². The van der Waals surface area contributed by atoms with Gasteiger partial charge in [-0.15, -0.1) is 0 Å². The maximum Gasteiger partial charge on any atom is 0.256 e. The van der Waals surface area contributed by atoms with Crippen LogP contribution >= 0.6 is 0 Å². The average Bonchev–Trinajstić information content (AvgIpc) is 3.58. The molecule has 1 N–H and O–H groups in total. The number of amides is 1. The van der Waals surface area contributed by atoms with Gasteiger partial charge >= 0.3 is 0 Å². The van der Waals surface area contributed by atoms with Crippen LogP contribution in [0.4, 0.5) is 4.39 Å². The standard InChI is InChI=1S/C35H29FN4O/c1-24-31(22-39-21-20-30-32(34(39)41)28-18-11-19-29(36)33(28)38-30)37-23-40(24)35(25-12-5-2-6-13-25,26-14-7-3-8-15-26)27-16-9-4-10-17-27/h2-19,23,38H,20-22H2,1H3. The topological polar surface area (TPSA) is 53.9 Å². The van der Waals surface area contributed by atoms with E-state index in [0.29, 0.717) is 36.0 Å². The van der Waals surface area contributed by atoms with Crippen molar-refractivity contribution < 1.29 is 9.18 Å². The molecule has 0 radical (unpaired) electrons. The SMILES string of the molecule is Cc1c(CN2CCc3[nH]c4c(F)cccc4c3C2=O)ncn1C(c1ccccc1)(c1ccccc1)c1ccccc1. The number of carbonyl (C=O) groups is 1. The highest BCUT2D eigenvalue weighted by Crippen LogP contribution is 2.42. The molecule has 202 valence electrons. The molecule has 5 nitrogen and oxygen atoms in total. The normalized spacial score (nSPS) is 13.5. The molecule has 1 amide bonds. The molecule has 4 aromatic carbocycles. The van der Waals surface area contributed by atoms with E-state index in [1.807, 2.05) is 35.5 Å². The molecule has 2 aromatic heterocycles. The molecule has 0 saturated carbocycles. The number of nitrogens with zero attached hydrogens (tertiary/aromatic N) is 3. The van der Waals surface area contributed by atoms with Gasteiger partial charge in [0.05, 0.1) is 29.6 Å². The van der Waals surface area contributed by atoms with Crippen molar-refractivity contribution >= 4 is 16.8 Å². The molecule has 0 bridgehead atoms. The molecule has 0 fully saturated rings. The lowest BCUT2D eigenvalue weighted by Gasteiger charge is -2.38. The van der Waals surface area contributed by atoms with Gasteiger partial charge < -0.3 is 14.5 Å². The number of rotatable bonds is 6. The summed E-state index contributed by atoms with van der Waals surface area (Å²) in [5.41, 5.74) is 6.24. The van der Waals surface area contributed by atoms with Crippen LogP contribution in [0.1, 0.15) is 44.1 Å². The van der Waals surface area contributed by atoms with Crippen LogP contribution in [0, 0.1) is 12.7 Å². The van der Waals surface area contributed by atoms with E-state index in [-0.39, 0.29) is 11.7 Å². The van der Waals surface area contributed by atoms with Crippen LogP contribution < -0.4 is 0 Å². The Kier molecular flexibility index (Phi) is 6.04. The number of carbonyl (C=O) groups excluding carboxylic acids is 1. The first-order valence-corrected chi connectivity index (χ1v) is 13.9. The zero-order chi connectivity index (χ0) is 28.0. The largest absolute Gasteiger partial charge is 0.355 e. The number of imidazole rings is 1. The summed E-state index contributed by atoms with van der Waals surface area (Å²) in [6.07, 6.45) is 2.54. The Balaban J connectivity index is 1.34. The Hall–Kier alpha value is -4.97. The number of para-hydroxylation sites is 1. The summed E-state index contributed by atoms with van der Waals surface area (Å²) in [6.45, 7) is 2.98. The molecule has 1 aliphatic heterocycles. The Morgan fingerprint density at radius 2 is 1.41 bits per heavy atom. The molecule has 0 saturated heterocycles. The zero-order valence-electron chi connectivity index (χ0n) is 22.7. The first kappa shape index (κ1) is 25.0. The number of fused-ring (bicyclic) bond motifs is 3. The average molecular weight is 541 g/mol. The summed E-state index contributed by atoms with van der Waals surface area (Å²) in [5.74, 6) is -0.442. The minimum Gasteiger partial charge on any atom is -0.355 e. The Morgan fingerprint density at radius 3 is 2.00 bits per heavy atom. The van der Waals surface area contributed by atoms with Crippen molar-refractivity contribution in [1.82, 2.24) is 19.4 Å². The second-order valence-corrected chi connectivity index (χ2v) is 10.6. The van der Waals surface area contributed by atoms with Gasteiger partial charge in [-0.1, -0.05) is 103 Å². The van der Waals surface area contributed by atoms with Gasteiger partial charge in [-0.2, -0.15) is 0 Å². The minimum absolute atomic E-state index is 0.0995. The van der Waals surface area contributed by atoms with Crippen LogP contribution in [-0.2, 0) is 18.5 Å². The molecule has 6 heteroatoms. The van der Waals surface area contributed by atoms with E-state index >= 15 is 0 Å². The van der Waals surface area contributed by atoms with Gasteiger partial charge in [-0.3, -0.25) is 4.79 Å². The van der Waals surface area contributed by atoms with Crippen molar-refractivity contribution in [2.75, 3.05) is 6.54 Å². The number of nitrogens with one attached hydrogen (secondary N) is 1. The molecular formula is C35H29FN4O. The number of aromatic nitrogens is 3. The summed E-state index contributed by atoms with van der Waals surface area (Å²) in [4.78, 5) is 23.6. The van der Waals surface area contributed by atoms with Crippen molar-refractivity contribution in [2.24, 2.45) is 0 Å². The van der Waals surface area contributed by atoms with Gasteiger partial charge in [-0.25, -0.2) is 9.37 Å². The monoisotopic (exact) mass is 540 g/mol. The van der Waals surface area contributed by atoms with Crippen molar-refractivity contribution in [3.05, 3.63) is 161 Å². The first-order chi connectivity index (χ1) is 20.1. The summed E-state index contributed by atoms with van der Waals surface area (Å²) in [6, 6.07) is 36.3. The maximum atomic E-state index is 14.5. The van der Waals surface area contributed by atoms with Gasteiger partial charge in [0.2, 0.25) is 0 Å². The Morgan fingerprint density at radius 1 is 0.829 bits per heavy atom. The fourth-order valence-corrected chi connectivity index (χ4v) is 6.40. The predicted molar refractivity (Wildman–Crippen MR) is 158 cm³/mol.